The molecule has 0 fully saturated rings. The number of nitrogens with zero attached hydrogens (tertiary/aromatic N) is 2. The van der Waals surface area contributed by atoms with E-state index in [-0.39, 0.29) is 22.2 Å². The predicted molar refractivity (Wildman–Crippen MR) is 110 cm³/mol. The lowest BCUT2D eigenvalue weighted by molar-refractivity contribution is -0.136. The van der Waals surface area contributed by atoms with Crippen LogP contribution in [0.3, 0.4) is 0 Å². The average molecular weight is 443 g/mol. The zero-order chi connectivity index (χ0) is 22.9. The van der Waals surface area contributed by atoms with Crippen LogP contribution in [0.5, 0.6) is 0 Å². The number of anilines is 2. The maximum absolute atomic E-state index is 13.4. The van der Waals surface area contributed by atoms with Crippen molar-refractivity contribution in [1.82, 2.24) is 4.31 Å². The molecule has 2 aromatic carbocycles. The maximum atomic E-state index is 13.4. The van der Waals surface area contributed by atoms with E-state index in [0.717, 1.165) is 6.07 Å². The molecule has 30 heavy (non-hydrogen) atoms. The maximum Gasteiger partial charge on any atom is 0.418 e. The number of alkyl halides is 3. The highest BCUT2D eigenvalue weighted by molar-refractivity contribution is 7.89. The highest BCUT2D eigenvalue weighted by Crippen LogP contribution is 2.37. The number of amides is 1. The third kappa shape index (κ3) is 5.11. The Labute approximate surface area is 174 Å². The molecule has 0 aliphatic carbocycles. The van der Waals surface area contributed by atoms with Gasteiger partial charge in [0.2, 0.25) is 10.0 Å². The van der Waals surface area contributed by atoms with Crippen LogP contribution in [0.1, 0.15) is 29.8 Å². The van der Waals surface area contributed by atoms with Gasteiger partial charge in [-0.1, -0.05) is 0 Å². The number of sulfonamides is 1. The molecule has 0 bridgehead atoms. The Morgan fingerprint density at radius 2 is 1.57 bits per heavy atom. The molecular weight excluding hydrogens is 419 g/mol. The molecule has 10 heteroatoms. The summed E-state index contributed by atoms with van der Waals surface area (Å²) < 4.78 is 66.4. The number of nitrogens with one attached hydrogen (secondary N) is 1. The van der Waals surface area contributed by atoms with Crippen molar-refractivity contribution in [3.8, 4) is 0 Å². The van der Waals surface area contributed by atoms with Gasteiger partial charge in [-0.25, -0.2) is 8.42 Å². The van der Waals surface area contributed by atoms with E-state index < -0.39 is 27.7 Å². The first kappa shape index (κ1) is 23.7. The van der Waals surface area contributed by atoms with Crippen LogP contribution in [0.2, 0.25) is 0 Å². The zero-order valence-electron chi connectivity index (χ0n) is 17.3. The molecule has 0 radical (unpaired) electrons. The highest BCUT2D eigenvalue weighted by atomic mass is 32.2. The first-order chi connectivity index (χ1) is 13.7. The summed E-state index contributed by atoms with van der Waals surface area (Å²) in [5, 5.41) is 2.26. The van der Waals surface area contributed by atoms with Gasteiger partial charge in [0.05, 0.1) is 16.1 Å². The molecule has 2 aromatic rings. The van der Waals surface area contributed by atoms with E-state index in [0.29, 0.717) is 5.69 Å². The standard InChI is InChI=1S/C20H24F3N3O3S/c1-13(2)26(5)30(28,29)16-9-6-14(7-10-16)19(27)24-18-11-8-15(25(3)4)12-17(18)20(21,22)23/h6-13H,1-5H3,(H,24,27). The molecule has 0 aliphatic rings. The van der Waals surface area contributed by atoms with E-state index in [1.165, 1.54) is 52.7 Å². The summed E-state index contributed by atoms with van der Waals surface area (Å²) in [6, 6.07) is 8.37. The minimum Gasteiger partial charge on any atom is -0.378 e. The zero-order valence-corrected chi connectivity index (χ0v) is 18.1. The van der Waals surface area contributed by atoms with Gasteiger partial charge in [0.15, 0.2) is 0 Å². The Bertz CT molecular complexity index is 1020. The minimum atomic E-state index is -4.66. The molecule has 6 nitrogen and oxygen atoms in total. The van der Waals surface area contributed by atoms with E-state index in [9.17, 15) is 26.4 Å². The molecule has 0 saturated heterocycles. The number of halogens is 3. The van der Waals surface area contributed by atoms with E-state index in [1.54, 1.807) is 27.9 Å². The molecule has 0 aromatic heterocycles. The van der Waals surface area contributed by atoms with Crippen LogP contribution >= 0.6 is 0 Å². The Hall–Kier alpha value is -2.59. The first-order valence-electron chi connectivity index (χ1n) is 9.03. The molecule has 0 aliphatic heterocycles. The Kier molecular flexibility index (Phi) is 6.83. The molecule has 0 heterocycles. The summed E-state index contributed by atoms with van der Waals surface area (Å²) in [4.78, 5) is 14.0. The Morgan fingerprint density at radius 1 is 1.00 bits per heavy atom. The third-order valence-corrected chi connectivity index (χ3v) is 6.64. The van der Waals surface area contributed by atoms with E-state index >= 15 is 0 Å². The van der Waals surface area contributed by atoms with Gasteiger partial charge in [-0.3, -0.25) is 4.79 Å². The quantitative estimate of drug-likeness (QED) is 0.731. The lowest BCUT2D eigenvalue weighted by Crippen LogP contribution is -2.33. The van der Waals surface area contributed by atoms with Crippen molar-refractivity contribution in [2.45, 2.75) is 31.0 Å². The second kappa shape index (κ2) is 8.65. The van der Waals surface area contributed by atoms with Crippen molar-refractivity contribution in [2.75, 3.05) is 31.4 Å². The third-order valence-electron chi connectivity index (χ3n) is 4.59. The van der Waals surface area contributed by atoms with Gasteiger partial charge in [-0.15, -0.1) is 0 Å². The van der Waals surface area contributed by atoms with Gasteiger partial charge >= 0.3 is 6.18 Å². The summed E-state index contributed by atoms with van der Waals surface area (Å²) in [5.74, 6) is -0.778. The number of carbonyl (C=O) groups is 1. The van der Waals surface area contributed by atoms with Crippen molar-refractivity contribution in [2.24, 2.45) is 0 Å². The summed E-state index contributed by atoms with van der Waals surface area (Å²) >= 11 is 0. The van der Waals surface area contributed by atoms with Gasteiger partial charge in [-0.05, 0) is 56.3 Å². The van der Waals surface area contributed by atoms with Crippen molar-refractivity contribution in [3.63, 3.8) is 0 Å². The Balaban J connectivity index is 2.31. The van der Waals surface area contributed by atoms with Gasteiger partial charge in [0.25, 0.3) is 5.91 Å². The second-order valence-electron chi connectivity index (χ2n) is 7.22. The molecular formula is C20H24F3N3O3S. The van der Waals surface area contributed by atoms with Crippen molar-refractivity contribution in [3.05, 3.63) is 53.6 Å². The topological polar surface area (TPSA) is 69.7 Å². The van der Waals surface area contributed by atoms with E-state index in [1.807, 2.05) is 0 Å². The summed E-state index contributed by atoms with van der Waals surface area (Å²) in [7, 11) is 0.933. The van der Waals surface area contributed by atoms with Crippen LogP contribution in [0.15, 0.2) is 47.4 Å². The molecule has 2 rings (SSSR count). The van der Waals surface area contributed by atoms with Crippen molar-refractivity contribution < 1.29 is 26.4 Å². The molecule has 0 atom stereocenters. The molecule has 0 unspecified atom stereocenters. The van der Waals surface area contributed by atoms with Gasteiger partial charge in [0, 0.05) is 38.4 Å². The average Bonchev–Trinajstić information content (AvgIpc) is 2.66. The lowest BCUT2D eigenvalue weighted by atomic mass is 10.1. The van der Waals surface area contributed by atoms with Crippen LogP contribution < -0.4 is 10.2 Å². The van der Waals surface area contributed by atoms with Crippen LogP contribution in [-0.2, 0) is 16.2 Å². The van der Waals surface area contributed by atoms with Crippen LogP contribution in [-0.4, -0.2) is 45.8 Å². The largest absolute Gasteiger partial charge is 0.418 e. The molecule has 0 spiro atoms. The SMILES string of the molecule is CC(C)N(C)S(=O)(=O)c1ccc(C(=O)Nc2ccc(N(C)C)cc2C(F)(F)F)cc1. The Morgan fingerprint density at radius 3 is 2.03 bits per heavy atom. The number of benzene rings is 2. The first-order valence-corrected chi connectivity index (χ1v) is 10.5. The van der Waals surface area contributed by atoms with E-state index in [4.69, 9.17) is 0 Å². The van der Waals surface area contributed by atoms with Crippen molar-refractivity contribution >= 4 is 27.3 Å². The van der Waals surface area contributed by atoms with E-state index in [2.05, 4.69) is 5.32 Å². The number of hydrogen-bond acceptors (Lipinski definition) is 4. The molecule has 164 valence electrons. The monoisotopic (exact) mass is 443 g/mol. The second-order valence-corrected chi connectivity index (χ2v) is 9.21. The summed E-state index contributed by atoms with van der Waals surface area (Å²) in [6.45, 7) is 3.44. The number of rotatable bonds is 6. The lowest BCUT2D eigenvalue weighted by Gasteiger charge is -2.21. The summed E-state index contributed by atoms with van der Waals surface area (Å²) in [5.41, 5.74) is -0.982. The van der Waals surface area contributed by atoms with Crippen LogP contribution in [0, 0.1) is 0 Å². The van der Waals surface area contributed by atoms with Gasteiger partial charge in [-0.2, -0.15) is 17.5 Å². The van der Waals surface area contributed by atoms with Gasteiger partial charge < -0.3 is 10.2 Å². The van der Waals surface area contributed by atoms with Gasteiger partial charge in [0.1, 0.15) is 0 Å². The minimum absolute atomic E-state index is 0.0124. The fourth-order valence-electron chi connectivity index (χ4n) is 2.57. The smallest absolute Gasteiger partial charge is 0.378 e. The summed E-state index contributed by atoms with van der Waals surface area (Å²) in [6.07, 6.45) is -4.66. The predicted octanol–water partition coefficient (Wildman–Crippen LogP) is 4.05. The van der Waals surface area contributed by atoms with Crippen molar-refractivity contribution in [1.29, 1.82) is 0 Å². The molecule has 1 amide bonds. The van der Waals surface area contributed by atoms with Crippen LogP contribution in [0.4, 0.5) is 24.5 Å². The fraction of sp³-hybridized carbons (Fsp3) is 0.350. The normalized spacial score (nSPS) is 12.3. The number of carbonyl (C=O) groups excluding carboxylic acids is 1. The van der Waals surface area contributed by atoms with Crippen LogP contribution in [0.25, 0.3) is 0 Å². The molecule has 0 saturated carbocycles. The number of hydrogen-bond donors (Lipinski definition) is 1. The molecule has 1 N–H and O–H groups in total. The highest BCUT2D eigenvalue weighted by Gasteiger charge is 2.34. The fourth-order valence-corrected chi connectivity index (χ4v) is 3.94.